The zero-order valence-corrected chi connectivity index (χ0v) is 15.2. The lowest BCUT2D eigenvalue weighted by atomic mass is 9.96. The molecule has 1 aromatic carbocycles. The van der Waals surface area contributed by atoms with Gasteiger partial charge >= 0.3 is 24.0 Å². The monoisotopic (exact) mass is 429 g/mol. The Labute approximate surface area is 161 Å². The van der Waals surface area contributed by atoms with Crippen LogP contribution in [0.25, 0.3) is 10.4 Å². The Morgan fingerprint density at radius 2 is 1.72 bits per heavy atom. The Hall–Kier alpha value is -2.49. The highest BCUT2D eigenvalue weighted by Gasteiger charge is 2.72. The number of nitrogens with zero attached hydrogens (tertiary/aromatic N) is 3. The Bertz CT molecular complexity index is 730. The second kappa shape index (κ2) is 9.82. The van der Waals surface area contributed by atoms with Crippen LogP contribution in [0.3, 0.4) is 0 Å². The molecule has 0 saturated heterocycles. The lowest BCUT2D eigenvalue weighted by molar-refractivity contribution is -0.355. The summed E-state index contributed by atoms with van der Waals surface area (Å²) in [6.45, 7) is 0. The molecule has 1 aromatic rings. The second-order valence-corrected chi connectivity index (χ2v) is 6.21. The van der Waals surface area contributed by atoms with Crippen LogP contribution in [0.4, 0.5) is 30.7 Å². The van der Waals surface area contributed by atoms with Crippen molar-refractivity contribution in [2.24, 2.45) is 5.11 Å². The molecule has 0 radical (unpaired) electrons. The van der Waals surface area contributed by atoms with Gasteiger partial charge in [0.15, 0.2) is 0 Å². The summed E-state index contributed by atoms with van der Waals surface area (Å²) in [6.07, 6.45) is -8.01. The highest BCUT2D eigenvalue weighted by Crippen LogP contribution is 2.49. The first kappa shape index (κ1) is 24.5. The van der Waals surface area contributed by atoms with E-state index in [1.54, 1.807) is 12.1 Å². The van der Waals surface area contributed by atoms with Crippen molar-refractivity contribution in [3.05, 3.63) is 45.8 Å². The van der Waals surface area contributed by atoms with Crippen LogP contribution in [-0.4, -0.2) is 31.1 Å². The van der Waals surface area contributed by atoms with Crippen LogP contribution in [0.1, 0.15) is 42.9 Å². The van der Waals surface area contributed by atoms with E-state index in [4.69, 9.17) is 5.53 Å². The number of carbonyl (C=O) groups is 1. The van der Waals surface area contributed by atoms with Gasteiger partial charge in [0.1, 0.15) is 0 Å². The van der Waals surface area contributed by atoms with Crippen molar-refractivity contribution < 1.29 is 40.3 Å². The largest absolute Gasteiger partial charge is 0.469 e. The Balaban J connectivity index is 2.83. The molecule has 0 N–H and O–H groups in total. The van der Waals surface area contributed by atoms with Crippen molar-refractivity contribution in [3.63, 3.8) is 0 Å². The molecule has 0 aliphatic heterocycles. The highest BCUT2D eigenvalue weighted by molar-refractivity contribution is 5.69. The molecule has 0 spiro atoms. The molecule has 0 heterocycles. The first-order valence-corrected chi connectivity index (χ1v) is 8.38. The minimum absolute atomic E-state index is 0.183. The topological polar surface area (TPSA) is 75.1 Å². The summed E-state index contributed by atoms with van der Waals surface area (Å²) < 4.78 is 94.0. The van der Waals surface area contributed by atoms with Gasteiger partial charge < -0.3 is 4.74 Å². The van der Waals surface area contributed by atoms with E-state index < -0.39 is 36.9 Å². The van der Waals surface area contributed by atoms with Crippen molar-refractivity contribution in [3.8, 4) is 0 Å². The molecule has 0 aliphatic rings. The zero-order chi connectivity index (χ0) is 22.3. The average Bonchev–Trinajstić information content (AvgIpc) is 2.64. The van der Waals surface area contributed by atoms with Gasteiger partial charge in [-0.2, -0.15) is 30.7 Å². The quantitative estimate of drug-likeness (QED) is 0.147. The highest BCUT2D eigenvalue weighted by atomic mass is 19.4. The van der Waals surface area contributed by atoms with E-state index in [0.29, 0.717) is 12.8 Å². The van der Waals surface area contributed by atoms with Gasteiger partial charge in [-0.3, -0.25) is 4.79 Å². The van der Waals surface area contributed by atoms with Crippen molar-refractivity contribution >= 4 is 5.97 Å². The van der Waals surface area contributed by atoms with Gasteiger partial charge in [-0.25, -0.2) is 0 Å². The number of aryl methyl sites for hydroxylation is 1. The van der Waals surface area contributed by atoms with Crippen LogP contribution in [0.5, 0.6) is 0 Å². The van der Waals surface area contributed by atoms with Crippen molar-refractivity contribution in [1.82, 2.24) is 0 Å². The molecule has 29 heavy (non-hydrogen) atoms. The molecule has 0 aliphatic carbocycles. The van der Waals surface area contributed by atoms with Gasteiger partial charge in [-0.1, -0.05) is 29.4 Å². The minimum atomic E-state index is -6.41. The predicted molar refractivity (Wildman–Crippen MR) is 88.5 cm³/mol. The molecule has 1 unspecified atom stereocenters. The van der Waals surface area contributed by atoms with Gasteiger partial charge in [-0.05, 0) is 35.9 Å². The number of rotatable bonds is 10. The third-order valence-electron chi connectivity index (χ3n) is 4.18. The maximum absolute atomic E-state index is 13.5. The molecule has 1 rings (SSSR count). The zero-order valence-electron chi connectivity index (χ0n) is 15.2. The predicted octanol–water partition coefficient (Wildman–Crippen LogP) is 6.15. The summed E-state index contributed by atoms with van der Waals surface area (Å²) in [5.41, 5.74) is 9.50. The minimum Gasteiger partial charge on any atom is -0.469 e. The van der Waals surface area contributed by atoms with Crippen LogP contribution in [0, 0.1) is 0 Å². The van der Waals surface area contributed by atoms with Crippen LogP contribution in [0.15, 0.2) is 29.4 Å². The summed E-state index contributed by atoms with van der Waals surface area (Å²) in [4.78, 5) is 13.5. The first-order valence-electron chi connectivity index (χ1n) is 8.38. The number of hydrogen-bond acceptors (Lipinski definition) is 3. The third-order valence-corrected chi connectivity index (χ3v) is 4.18. The molecule has 0 amide bonds. The Morgan fingerprint density at radius 1 is 1.14 bits per heavy atom. The molecule has 0 fully saturated rings. The normalized spacial score (nSPS) is 13.5. The maximum atomic E-state index is 13.5. The van der Waals surface area contributed by atoms with Crippen molar-refractivity contribution in [2.45, 2.75) is 56.2 Å². The maximum Gasteiger partial charge on any atom is 0.459 e. The number of alkyl halides is 7. The lowest BCUT2D eigenvalue weighted by Gasteiger charge is -2.28. The Morgan fingerprint density at radius 3 is 2.21 bits per heavy atom. The number of ether oxygens (including phenoxy) is 1. The fourth-order valence-electron chi connectivity index (χ4n) is 2.48. The number of benzene rings is 1. The van der Waals surface area contributed by atoms with E-state index in [1.807, 2.05) is 0 Å². The summed E-state index contributed by atoms with van der Waals surface area (Å²) >= 11 is 0. The van der Waals surface area contributed by atoms with E-state index >= 15 is 0 Å². The molecule has 162 valence electrons. The van der Waals surface area contributed by atoms with Crippen molar-refractivity contribution in [2.75, 3.05) is 7.11 Å². The molecule has 1 atom stereocenters. The van der Waals surface area contributed by atoms with E-state index in [9.17, 15) is 35.5 Å². The number of hydrogen-bond donors (Lipinski definition) is 0. The van der Waals surface area contributed by atoms with E-state index in [2.05, 4.69) is 14.8 Å². The van der Waals surface area contributed by atoms with Gasteiger partial charge in [0, 0.05) is 17.8 Å². The summed E-state index contributed by atoms with van der Waals surface area (Å²) in [5, 5.41) is 3.23. The summed E-state index contributed by atoms with van der Waals surface area (Å²) in [7, 11) is 1.25. The van der Waals surface area contributed by atoms with Gasteiger partial charge in [0.05, 0.1) is 13.2 Å². The number of esters is 1. The van der Waals surface area contributed by atoms with Gasteiger partial charge in [0.25, 0.3) is 0 Å². The number of carbonyl (C=O) groups excluding carboxylic acids is 1. The van der Waals surface area contributed by atoms with Crippen LogP contribution < -0.4 is 0 Å². The second-order valence-electron chi connectivity index (χ2n) is 6.21. The van der Waals surface area contributed by atoms with Crippen LogP contribution in [0.2, 0.25) is 0 Å². The number of methoxy groups -OCH3 is 1. The number of azide groups is 1. The summed E-state index contributed by atoms with van der Waals surface area (Å²) in [5.74, 6) is -12.0. The molecular weight excluding hydrogens is 411 g/mol. The van der Waals surface area contributed by atoms with Crippen molar-refractivity contribution in [1.29, 1.82) is 0 Å². The molecule has 12 heteroatoms. The smallest absolute Gasteiger partial charge is 0.459 e. The van der Waals surface area contributed by atoms with E-state index in [-0.39, 0.29) is 18.0 Å². The third kappa shape index (κ3) is 6.52. The molecule has 0 aromatic heterocycles. The van der Waals surface area contributed by atoms with Crippen LogP contribution in [-0.2, 0) is 16.0 Å². The molecule has 0 saturated carbocycles. The van der Waals surface area contributed by atoms with Gasteiger partial charge in [-0.15, -0.1) is 0 Å². The fraction of sp³-hybridized carbons (Fsp3) is 0.588. The van der Waals surface area contributed by atoms with Gasteiger partial charge in [0.2, 0.25) is 0 Å². The molecular formula is C17H18F7N3O2. The number of halogens is 7. The average molecular weight is 429 g/mol. The van der Waals surface area contributed by atoms with Crippen LogP contribution >= 0.6 is 0 Å². The first-order chi connectivity index (χ1) is 13.4. The molecule has 0 bridgehead atoms. The Kier molecular flexibility index (Phi) is 8.31. The lowest BCUT2D eigenvalue weighted by Crippen LogP contribution is -2.51. The molecule has 5 nitrogen and oxygen atoms in total. The van der Waals surface area contributed by atoms with E-state index in [0.717, 1.165) is 5.56 Å². The SMILES string of the molecule is COC(=O)CCCc1ccc(C(CCC(F)(F)C(F)(F)C(F)(F)F)N=[N+]=[N-])cc1. The summed E-state index contributed by atoms with van der Waals surface area (Å²) in [6, 6.07) is 4.54. The fourth-order valence-corrected chi connectivity index (χ4v) is 2.48. The van der Waals surface area contributed by atoms with E-state index in [1.165, 1.54) is 19.2 Å². The standard InChI is InChI=1S/C17H18F7N3O2/c1-29-14(28)4-2-3-11-5-7-12(8-6-11)13(26-27-25)9-10-15(18,19)16(20,21)17(22,23)24/h5-8,13H,2-4,9-10H2,1H3.